The molecule has 0 amide bonds. The molecule has 0 aromatic carbocycles. The van der Waals surface area contributed by atoms with Gasteiger partial charge in [-0.2, -0.15) is 0 Å². The molecule has 1 atom stereocenters. The second-order valence-corrected chi connectivity index (χ2v) is 4.06. The zero-order valence-corrected chi connectivity index (χ0v) is 10.8. The van der Waals surface area contributed by atoms with Crippen molar-refractivity contribution in [2.45, 2.75) is 33.8 Å². The van der Waals surface area contributed by atoms with E-state index in [1.807, 2.05) is 0 Å². The van der Waals surface area contributed by atoms with Crippen LogP contribution in [-0.4, -0.2) is 24.1 Å². The summed E-state index contributed by atoms with van der Waals surface area (Å²) in [6, 6.07) is 0. The number of hydrogen-bond acceptors (Lipinski definition) is 3. The predicted molar refractivity (Wildman–Crippen MR) is 51.6 cm³/mol. The third-order valence-electron chi connectivity index (χ3n) is 1.79. The van der Waals surface area contributed by atoms with Gasteiger partial charge in [0.05, 0.1) is 0 Å². The fraction of sp³-hybridized carbons (Fsp3) is 0.700. The Morgan fingerprint density at radius 2 is 1.86 bits per heavy atom. The second kappa shape index (κ2) is 6.28. The SMILES string of the molecule is COC(C)/C(O)=C/C(=O)C(C)(C)C.[V]. The summed E-state index contributed by atoms with van der Waals surface area (Å²) in [5.74, 6) is -0.128. The number of methoxy groups -OCH3 is 1. The molecular formula is C10H18O3V. The molecule has 0 heterocycles. The van der Waals surface area contributed by atoms with Crippen molar-refractivity contribution in [3.63, 3.8) is 0 Å². The maximum absolute atomic E-state index is 11.4. The number of carbonyl (C=O) groups excluding carboxylic acids is 1. The van der Waals surface area contributed by atoms with Crippen LogP contribution in [0.4, 0.5) is 0 Å². The summed E-state index contributed by atoms with van der Waals surface area (Å²) in [6.45, 7) is 7.09. The van der Waals surface area contributed by atoms with Gasteiger partial charge in [0.25, 0.3) is 0 Å². The van der Waals surface area contributed by atoms with Gasteiger partial charge in [0.15, 0.2) is 5.78 Å². The first-order chi connectivity index (χ1) is 5.79. The number of ether oxygens (including phenoxy) is 1. The van der Waals surface area contributed by atoms with Crippen molar-refractivity contribution in [2.24, 2.45) is 5.41 Å². The summed E-state index contributed by atoms with van der Waals surface area (Å²) >= 11 is 0. The Bertz CT molecular complexity index is 216. The number of allylic oxidation sites excluding steroid dienone is 1. The van der Waals surface area contributed by atoms with Crippen LogP contribution in [0.25, 0.3) is 0 Å². The molecule has 0 saturated heterocycles. The topological polar surface area (TPSA) is 46.5 Å². The Hall–Kier alpha value is -0.246. The first-order valence-corrected chi connectivity index (χ1v) is 4.27. The van der Waals surface area contributed by atoms with Gasteiger partial charge in [-0.1, -0.05) is 20.8 Å². The van der Waals surface area contributed by atoms with Crippen LogP contribution in [0.3, 0.4) is 0 Å². The average Bonchev–Trinajstić information content (AvgIpc) is 2.01. The summed E-state index contributed by atoms with van der Waals surface area (Å²) < 4.78 is 4.85. The normalized spacial score (nSPS) is 14.5. The van der Waals surface area contributed by atoms with Gasteiger partial charge in [0.2, 0.25) is 0 Å². The molecule has 0 saturated carbocycles. The number of ketones is 1. The molecule has 14 heavy (non-hydrogen) atoms. The molecule has 1 N–H and O–H groups in total. The van der Waals surface area contributed by atoms with Gasteiger partial charge >= 0.3 is 0 Å². The Morgan fingerprint density at radius 1 is 1.43 bits per heavy atom. The van der Waals surface area contributed by atoms with E-state index in [2.05, 4.69) is 0 Å². The van der Waals surface area contributed by atoms with Crippen molar-refractivity contribution in [3.05, 3.63) is 11.8 Å². The minimum Gasteiger partial charge on any atom is -0.509 e. The zero-order valence-electron chi connectivity index (χ0n) is 9.37. The van der Waals surface area contributed by atoms with Crippen LogP contribution in [0.1, 0.15) is 27.7 Å². The number of rotatable bonds is 3. The number of carbonyl (C=O) groups is 1. The molecule has 81 valence electrons. The van der Waals surface area contributed by atoms with Crippen LogP contribution >= 0.6 is 0 Å². The van der Waals surface area contributed by atoms with Crippen LogP contribution < -0.4 is 0 Å². The minimum absolute atomic E-state index is 0. The van der Waals surface area contributed by atoms with Crippen LogP contribution in [0.15, 0.2) is 11.8 Å². The maximum Gasteiger partial charge on any atom is 0.164 e. The Morgan fingerprint density at radius 3 is 2.14 bits per heavy atom. The van der Waals surface area contributed by atoms with E-state index in [4.69, 9.17) is 4.74 Å². The van der Waals surface area contributed by atoms with Crippen LogP contribution in [0.2, 0.25) is 0 Å². The summed E-state index contributed by atoms with van der Waals surface area (Å²) in [7, 11) is 1.48. The summed E-state index contributed by atoms with van der Waals surface area (Å²) in [5, 5.41) is 9.37. The Balaban J connectivity index is 0. The molecule has 1 unspecified atom stereocenters. The molecule has 0 spiro atoms. The third-order valence-corrected chi connectivity index (χ3v) is 1.79. The zero-order chi connectivity index (χ0) is 10.6. The van der Waals surface area contributed by atoms with Gasteiger partial charge in [0, 0.05) is 37.2 Å². The van der Waals surface area contributed by atoms with Crippen molar-refractivity contribution in [1.29, 1.82) is 0 Å². The fourth-order valence-corrected chi connectivity index (χ4v) is 0.589. The first kappa shape index (κ1) is 16.2. The van der Waals surface area contributed by atoms with Gasteiger partial charge in [-0.05, 0) is 6.92 Å². The van der Waals surface area contributed by atoms with E-state index in [9.17, 15) is 9.90 Å². The number of hydrogen-bond donors (Lipinski definition) is 1. The standard InChI is InChI=1S/C10H18O3.V/c1-7(13-5)8(11)6-9(12)10(2,3)4;/h6-7,11H,1-5H3;/b8-6-;. The molecule has 0 aliphatic carbocycles. The van der Waals surface area contributed by atoms with Crippen molar-refractivity contribution in [3.8, 4) is 0 Å². The van der Waals surface area contributed by atoms with Gasteiger partial charge in [0.1, 0.15) is 11.9 Å². The van der Waals surface area contributed by atoms with Crippen molar-refractivity contribution in [1.82, 2.24) is 0 Å². The molecule has 0 aromatic heterocycles. The molecular weight excluding hydrogens is 219 g/mol. The molecule has 0 aliphatic rings. The van der Waals surface area contributed by atoms with Crippen molar-refractivity contribution in [2.75, 3.05) is 7.11 Å². The van der Waals surface area contributed by atoms with Gasteiger partial charge < -0.3 is 9.84 Å². The summed E-state index contributed by atoms with van der Waals surface area (Å²) in [5.41, 5.74) is -0.457. The molecule has 0 bridgehead atoms. The molecule has 0 rings (SSSR count). The van der Waals surface area contributed by atoms with E-state index in [0.29, 0.717) is 0 Å². The number of aliphatic hydroxyl groups is 1. The Labute approximate surface area is 97.4 Å². The molecule has 0 fully saturated rings. The largest absolute Gasteiger partial charge is 0.509 e. The minimum atomic E-state index is -0.457. The smallest absolute Gasteiger partial charge is 0.164 e. The first-order valence-electron chi connectivity index (χ1n) is 4.27. The molecule has 3 nitrogen and oxygen atoms in total. The molecule has 1 radical (unpaired) electrons. The fourth-order valence-electron chi connectivity index (χ4n) is 0.589. The molecule has 4 heteroatoms. The van der Waals surface area contributed by atoms with Crippen molar-refractivity contribution < 1.29 is 33.2 Å². The van der Waals surface area contributed by atoms with E-state index >= 15 is 0 Å². The second-order valence-electron chi connectivity index (χ2n) is 4.06. The van der Waals surface area contributed by atoms with Gasteiger partial charge in [-0.15, -0.1) is 0 Å². The third kappa shape index (κ3) is 5.48. The maximum atomic E-state index is 11.4. The van der Waals surface area contributed by atoms with Gasteiger partial charge in [-0.25, -0.2) is 0 Å². The molecule has 0 aliphatic heterocycles. The van der Waals surface area contributed by atoms with Gasteiger partial charge in [-0.3, -0.25) is 4.79 Å². The summed E-state index contributed by atoms with van der Waals surface area (Å²) in [4.78, 5) is 11.4. The Kier molecular flexibility index (Phi) is 7.26. The van der Waals surface area contributed by atoms with E-state index < -0.39 is 11.5 Å². The van der Waals surface area contributed by atoms with E-state index in [-0.39, 0.29) is 30.1 Å². The average molecular weight is 237 g/mol. The summed E-state index contributed by atoms with van der Waals surface area (Å²) in [6.07, 6.45) is 0.806. The predicted octanol–water partition coefficient (Wildman–Crippen LogP) is 2.08. The molecule has 0 aromatic rings. The monoisotopic (exact) mass is 237 g/mol. The van der Waals surface area contributed by atoms with Crippen LogP contribution in [0.5, 0.6) is 0 Å². The van der Waals surface area contributed by atoms with Crippen molar-refractivity contribution >= 4 is 5.78 Å². The van der Waals surface area contributed by atoms with E-state index in [0.717, 1.165) is 0 Å². The van der Waals surface area contributed by atoms with Crippen LogP contribution in [-0.2, 0) is 28.1 Å². The number of aliphatic hydroxyl groups excluding tert-OH is 1. The van der Waals surface area contributed by atoms with E-state index in [1.54, 1.807) is 27.7 Å². The van der Waals surface area contributed by atoms with Crippen LogP contribution in [0, 0.1) is 5.41 Å². The quantitative estimate of drug-likeness (QED) is 0.603. The van der Waals surface area contributed by atoms with E-state index in [1.165, 1.54) is 13.2 Å².